The van der Waals surface area contributed by atoms with Crippen molar-refractivity contribution in [1.82, 2.24) is 0 Å². The van der Waals surface area contributed by atoms with Crippen molar-refractivity contribution in [3.8, 4) is 0 Å². The minimum Gasteiger partial charge on any atom is -0.00739 e. The summed E-state index contributed by atoms with van der Waals surface area (Å²) in [5.74, 6) is 0. The average Bonchev–Trinajstić information content (AvgIpc) is 1.61. The highest BCUT2D eigenvalue weighted by Gasteiger charge is 1.70. The molecule has 1 heteroatoms. The number of allylic oxidation sites excluding steroid dienone is 2. The Morgan fingerprint density at radius 1 is 1.83 bits per heavy atom. The standard InChI is InChI=1S/C5H8B/c1-2-3-4-5-6/h2-4H,5H2,1H3/q+1. The highest BCUT2D eigenvalue weighted by molar-refractivity contribution is 6.09. The first-order valence-electron chi connectivity index (χ1n) is 2.06. The molecule has 0 bridgehead atoms. The fraction of sp³-hybridized carbons (Fsp3) is 0.400. The van der Waals surface area contributed by atoms with Crippen LogP contribution in [0.1, 0.15) is 6.92 Å². The van der Waals surface area contributed by atoms with Crippen molar-refractivity contribution >= 4 is 7.85 Å². The largest absolute Gasteiger partial charge is 0.100 e. The smallest absolute Gasteiger partial charge is 0.00739 e. The van der Waals surface area contributed by atoms with Gasteiger partial charge >= 0.3 is 0 Å². The van der Waals surface area contributed by atoms with E-state index >= 15 is 0 Å². The van der Waals surface area contributed by atoms with Crippen LogP contribution in [0, 0.1) is 6.42 Å². The Hall–Kier alpha value is -0.325. The molecule has 0 aromatic rings. The molecule has 0 N–H and O–H groups in total. The molecular formula is C5H8B+. The van der Waals surface area contributed by atoms with Crippen molar-refractivity contribution in [1.29, 1.82) is 0 Å². The summed E-state index contributed by atoms with van der Waals surface area (Å²) in [6.07, 6.45) is 6.43. The van der Waals surface area contributed by atoms with Gasteiger partial charge in [-0.2, -0.15) is 0 Å². The zero-order chi connectivity index (χ0) is 4.83. The lowest BCUT2D eigenvalue weighted by atomic mass is 10.1. The lowest BCUT2D eigenvalue weighted by molar-refractivity contribution is 1.53. The second-order valence-electron chi connectivity index (χ2n) is 0.997. The van der Waals surface area contributed by atoms with Gasteiger partial charge in [0.2, 0.25) is 0 Å². The maximum absolute atomic E-state index is 5.11. The quantitative estimate of drug-likeness (QED) is 0.346. The zero-order valence-corrected chi connectivity index (χ0v) is 4.02. The molecule has 0 aromatic carbocycles. The summed E-state index contributed by atoms with van der Waals surface area (Å²) in [7, 11) is 5.11. The Labute approximate surface area is 40.7 Å². The molecule has 30 valence electrons. The van der Waals surface area contributed by atoms with Gasteiger partial charge in [0.05, 0.1) is 6.08 Å². The van der Waals surface area contributed by atoms with E-state index in [1.165, 1.54) is 0 Å². The summed E-state index contributed by atoms with van der Waals surface area (Å²) in [5.41, 5.74) is 0. The second-order valence-corrected chi connectivity index (χ2v) is 0.997. The van der Waals surface area contributed by atoms with Gasteiger partial charge in [-0.1, -0.05) is 0 Å². The van der Waals surface area contributed by atoms with E-state index in [4.69, 9.17) is 7.85 Å². The van der Waals surface area contributed by atoms with Crippen molar-refractivity contribution < 1.29 is 0 Å². The predicted octanol–water partition coefficient (Wildman–Crippen LogP) is 1.35. The van der Waals surface area contributed by atoms with E-state index in [1.54, 1.807) is 0 Å². The van der Waals surface area contributed by atoms with Crippen LogP contribution < -0.4 is 0 Å². The van der Waals surface area contributed by atoms with Gasteiger partial charge in [0.15, 0.2) is 0 Å². The molecule has 2 radical (unpaired) electrons. The molecular weight excluding hydrogens is 70.9 g/mol. The number of hydrogen-bond acceptors (Lipinski definition) is 0. The first kappa shape index (κ1) is 5.67. The van der Waals surface area contributed by atoms with Crippen LogP contribution in [-0.4, -0.2) is 7.85 Å². The maximum atomic E-state index is 5.11. The molecule has 0 saturated carbocycles. The molecule has 0 aliphatic carbocycles. The Bertz CT molecular complexity index is 33.2. The van der Waals surface area contributed by atoms with Crippen molar-refractivity contribution in [2.45, 2.75) is 13.2 Å². The third-order valence-electron chi connectivity index (χ3n) is 0.465. The van der Waals surface area contributed by atoms with E-state index in [1.807, 2.05) is 25.5 Å². The van der Waals surface area contributed by atoms with Gasteiger partial charge in [0, 0.05) is 19.4 Å². The molecule has 0 heterocycles. The van der Waals surface area contributed by atoms with Crippen LogP contribution in [0.4, 0.5) is 0 Å². The SMILES string of the molecule is [B]CC=C[CH+]C. The molecule has 0 atom stereocenters. The number of rotatable bonds is 2. The Morgan fingerprint density at radius 3 is 2.67 bits per heavy atom. The topological polar surface area (TPSA) is 0 Å². The van der Waals surface area contributed by atoms with Gasteiger partial charge in [0.25, 0.3) is 0 Å². The summed E-state index contributed by atoms with van der Waals surface area (Å²) in [6, 6.07) is 0. The van der Waals surface area contributed by atoms with Gasteiger partial charge in [-0.25, -0.2) is 0 Å². The highest BCUT2D eigenvalue weighted by atomic mass is 13.6. The lowest BCUT2D eigenvalue weighted by Crippen LogP contribution is -1.56. The normalized spacial score (nSPS) is 9.50. The summed E-state index contributed by atoms with van der Waals surface area (Å²) >= 11 is 0. The van der Waals surface area contributed by atoms with Crippen LogP contribution in [0.5, 0.6) is 0 Å². The fourth-order valence-electron chi connectivity index (χ4n) is 0.215. The molecule has 0 spiro atoms. The maximum Gasteiger partial charge on any atom is 0.100 e. The van der Waals surface area contributed by atoms with Crippen LogP contribution >= 0.6 is 0 Å². The number of hydrogen-bond donors (Lipinski definition) is 0. The Morgan fingerprint density at radius 2 is 2.50 bits per heavy atom. The van der Waals surface area contributed by atoms with E-state index in [-0.39, 0.29) is 0 Å². The van der Waals surface area contributed by atoms with E-state index in [2.05, 4.69) is 0 Å². The minimum absolute atomic E-state index is 0.643. The molecule has 6 heavy (non-hydrogen) atoms. The van der Waals surface area contributed by atoms with E-state index < -0.39 is 0 Å². The van der Waals surface area contributed by atoms with Crippen molar-refractivity contribution in [2.75, 3.05) is 0 Å². The molecule has 0 amide bonds. The molecule has 0 fully saturated rings. The third kappa shape index (κ3) is 3.67. The summed E-state index contributed by atoms with van der Waals surface area (Å²) < 4.78 is 0. The van der Waals surface area contributed by atoms with Crippen molar-refractivity contribution in [2.24, 2.45) is 0 Å². The molecule has 0 saturated heterocycles. The zero-order valence-electron chi connectivity index (χ0n) is 4.02. The van der Waals surface area contributed by atoms with Gasteiger partial charge in [0.1, 0.15) is 7.85 Å². The van der Waals surface area contributed by atoms with Crippen molar-refractivity contribution in [3.63, 3.8) is 0 Å². The Balaban J connectivity index is 2.73. The molecule has 0 unspecified atom stereocenters. The van der Waals surface area contributed by atoms with E-state index in [0.717, 1.165) is 0 Å². The second kappa shape index (κ2) is 4.67. The lowest BCUT2D eigenvalue weighted by Gasteiger charge is -1.61. The molecule has 0 rings (SSSR count). The van der Waals surface area contributed by atoms with Gasteiger partial charge < -0.3 is 0 Å². The summed E-state index contributed by atoms with van der Waals surface area (Å²) in [4.78, 5) is 0. The third-order valence-corrected chi connectivity index (χ3v) is 0.465. The highest BCUT2D eigenvalue weighted by Crippen LogP contribution is 1.78. The molecule has 0 aliphatic heterocycles. The van der Waals surface area contributed by atoms with Gasteiger partial charge in [-0.3, -0.25) is 0 Å². The fourth-order valence-corrected chi connectivity index (χ4v) is 0.215. The Kier molecular flexibility index (Phi) is 4.42. The summed E-state index contributed by atoms with van der Waals surface area (Å²) in [5, 5.41) is 0. The van der Waals surface area contributed by atoms with Gasteiger partial charge in [-0.05, 0) is 6.32 Å². The first-order valence-corrected chi connectivity index (χ1v) is 2.06. The molecule has 0 aliphatic rings. The van der Waals surface area contributed by atoms with Gasteiger partial charge in [-0.15, -0.1) is 0 Å². The average molecular weight is 78.9 g/mol. The first-order chi connectivity index (χ1) is 2.91. The van der Waals surface area contributed by atoms with Crippen LogP contribution in [0.15, 0.2) is 12.2 Å². The molecule has 0 aromatic heterocycles. The van der Waals surface area contributed by atoms with E-state index in [9.17, 15) is 0 Å². The van der Waals surface area contributed by atoms with Crippen LogP contribution in [0.3, 0.4) is 0 Å². The summed E-state index contributed by atoms with van der Waals surface area (Å²) in [6.45, 7) is 1.96. The van der Waals surface area contributed by atoms with Crippen LogP contribution in [0.25, 0.3) is 0 Å². The monoisotopic (exact) mass is 79.1 g/mol. The van der Waals surface area contributed by atoms with E-state index in [0.29, 0.717) is 6.32 Å². The van der Waals surface area contributed by atoms with Crippen molar-refractivity contribution in [3.05, 3.63) is 18.6 Å². The van der Waals surface area contributed by atoms with Crippen LogP contribution in [-0.2, 0) is 0 Å². The molecule has 0 nitrogen and oxygen atoms in total. The predicted molar refractivity (Wildman–Crippen MR) is 29.7 cm³/mol. The van der Waals surface area contributed by atoms with Crippen LogP contribution in [0.2, 0.25) is 6.32 Å². The minimum atomic E-state index is 0.643.